The van der Waals surface area contributed by atoms with Gasteiger partial charge in [0.15, 0.2) is 16.9 Å². The lowest BCUT2D eigenvalue weighted by molar-refractivity contribution is 0.0716. The lowest BCUT2D eigenvalue weighted by Gasteiger charge is -2.27. The molecule has 0 fully saturated rings. The van der Waals surface area contributed by atoms with Crippen LogP contribution in [0.2, 0.25) is 0 Å². The highest BCUT2D eigenvalue weighted by atomic mass is 16.5. The first kappa shape index (κ1) is 21.9. The number of hydrogen-bond donors (Lipinski definition) is 0. The van der Waals surface area contributed by atoms with E-state index in [1.807, 2.05) is 51.0 Å². The van der Waals surface area contributed by atoms with Crippen LogP contribution in [0.3, 0.4) is 0 Å². The van der Waals surface area contributed by atoms with Crippen molar-refractivity contribution in [1.82, 2.24) is 9.80 Å². The van der Waals surface area contributed by atoms with Crippen LogP contribution in [0.25, 0.3) is 11.0 Å². The van der Waals surface area contributed by atoms with E-state index in [4.69, 9.17) is 13.9 Å². The minimum Gasteiger partial charge on any atom is -0.490 e. The molecule has 7 nitrogen and oxygen atoms in total. The Morgan fingerprint density at radius 1 is 1.00 bits per heavy atom. The van der Waals surface area contributed by atoms with Crippen LogP contribution in [0, 0.1) is 0 Å². The van der Waals surface area contributed by atoms with Gasteiger partial charge in [0.25, 0.3) is 5.91 Å². The molecule has 2 aromatic carbocycles. The zero-order valence-electron chi connectivity index (χ0n) is 18.9. The molecule has 0 N–H and O–H groups in total. The van der Waals surface area contributed by atoms with E-state index in [1.54, 1.807) is 29.2 Å². The van der Waals surface area contributed by atoms with Gasteiger partial charge in [0.1, 0.15) is 5.58 Å². The van der Waals surface area contributed by atoms with Crippen LogP contribution >= 0.6 is 0 Å². The molecule has 1 aliphatic heterocycles. The molecule has 4 rings (SSSR count). The summed E-state index contributed by atoms with van der Waals surface area (Å²) in [5.41, 5.74) is 1.39. The van der Waals surface area contributed by atoms with Crippen LogP contribution in [0.5, 0.6) is 11.5 Å². The van der Waals surface area contributed by atoms with Crippen LogP contribution in [0.4, 0.5) is 0 Å². The summed E-state index contributed by atoms with van der Waals surface area (Å²) in [5.74, 6) is 1.06. The van der Waals surface area contributed by atoms with E-state index in [9.17, 15) is 9.59 Å². The lowest BCUT2D eigenvalue weighted by Crippen LogP contribution is -2.35. The molecule has 0 bridgehead atoms. The number of carbonyl (C=O) groups excluding carboxylic acids is 1. The second-order valence-corrected chi connectivity index (χ2v) is 7.95. The zero-order valence-corrected chi connectivity index (χ0v) is 18.9. The van der Waals surface area contributed by atoms with E-state index in [0.717, 1.165) is 5.56 Å². The molecule has 0 saturated heterocycles. The number of hydrogen-bond acceptors (Lipinski definition) is 6. The number of benzene rings is 2. The molecule has 168 valence electrons. The van der Waals surface area contributed by atoms with Crippen LogP contribution in [-0.2, 0) is 0 Å². The normalized spacial score (nSPS) is 15.5. The Bertz CT molecular complexity index is 1200. The number of rotatable bonds is 8. The summed E-state index contributed by atoms with van der Waals surface area (Å²) in [6.45, 7) is 5.90. The Kier molecular flexibility index (Phi) is 6.19. The molecule has 0 spiro atoms. The fourth-order valence-corrected chi connectivity index (χ4v) is 4.09. The topological polar surface area (TPSA) is 72.2 Å². The molecule has 2 heterocycles. The van der Waals surface area contributed by atoms with Crippen LogP contribution in [-0.4, -0.2) is 56.1 Å². The smallest absolute Gasteiger partial charge is 0.290 e. The minimum absolute atomic E-state index is 0.115. The molecule has 32 heavy (non-hydrogen) atoms. The summed E-state index contributed by atoms with van der Waals surface area (Å²) < 4.78 is 17.5. The fraction of sp³-hybridized carbons (Fsp3) is 0.360. The zero-order chi connectivity index (χ0) is 22.8. The molecule has 0 unspecified atom stereocenters. The van der Waals surface area contributed by atoms with Gasteiger partial charge in [-0.15, -0.1) is 0 Å². The number of likely N-dealkylation sites (N-methyl/N-ethyl adjacent to an activating group) is 1. The summed E-state index contributed by atoms with van der Waals surface area (Å²) in [5, 5.41) is 0.467. The number of nitrogens with zero attached hydrogens (tertiary/aromatic N) is 2. The highest BCUT2D eigenvalue weighted by Crippen LogP contribution is 2.40. The standard InChI is InChI=1S/C25H28N2O5/c1-5-30-19-12-11-16(15-20(19)31-6-2)22-21-23(28)17-9-7-8-10-18(17)32-24(21)25(29)27(22)14-13-26(3)4/h7-12,15,22H,5-6,13-14H2,1-4H3/t22-/m0/s1. The summed E-state index contributed by atoms with van der Waals surface area (Å²) in [4.78, 5) is 30.6. The molecular weight excluding hydrogens is 408 g/mol. The van der Waals surface area contributed by atoms with Gasteiger partial charge in [0.05, 0.1) is 30.2 Å². The molecular formula is C25H28N2O5. The molecule has 1 atom stereocenters. The van der Waals surface area contributed by atoms with Crippen LogP contribution < -0.4 is 14.9 Å². The van der Waals surface area contributed by atoms with Crippen molar-refractivity contribution < 1.29 is 18.7 Å². The van der Waals surface area contributed by atoms with Crippen molar-refractivity contribution >= 4 is 16.9 Å². The van der Waals surface area contributed by atoms with E-state index >= 15 is 0 Å². The molecule has 1 amide bonds. The van der Waals surface area contributed by atoms with Gasteiger partial charge in [-0.1, -0.05) is 18.2 Å². The summed E-state index contributed by atoms with van der Waals surface area (Å²) >= 11 is 0. The van der Waals surface area contributed by atoms with Gasteiger partial charge in [-0.2, -0.15) is 0 Å². The molecule has 0 saturated carbocycles. The Balaban J connectivity index is 1.90. The first-order valence-electron chi connectivity index (χ1n) is 10.9. The molecule has 1 aromatic heterocycles. The number of fused-ring (bicyclic) bond motifs is 2. The Labute approximate surface area is 187 Å². The molecule has 3 aromatic rings. The van der Waals surface area contributed by atoms with Gasteiger partial charge in [-0.25, -0.2) is 0 Å². The lowest BCUT2D eigenvalue weighted by atomic mass is 9.98. The highest BCUT2D eigenvalue weighted by Gasteiger charge is 2.42. The minimum atomic E-state index is -0.562. The van der Waals surface area contributed by atoms with Gasteiger partial charge in [0, 0.05) is 13.1 Å². The monoisotopic (exact) mass is 436 g/mol. The van der Waals surface area contributed by atoms with E-state index in [2.05, 4.69) is 0 Å². The van der Waals surface area contributed by atoms with Crippen LogP contribution in [0.15, 0.2) is 51.7 Å². The number of amides is 1. The number of carbonyl (C=O) groups is 1. The molecule has 7 heteroatoms. The maximum Gasteiger partial charge on any atom is 0.290 e. The quantitative estimate of drug-likeness (QED) is 0.536. The average Bonchev–Trinajstić information content (AvgIpc) is 3.06. The third kappa shape index (κ3) is 3.84. The summed E-state index contributed by atoms with van der Waals surface area (Å²) in [6.07, 6.45) is 0. The van der Waals surface area contributed by atoms with Gasteiger partial charge >= 0.3 is 0 Å². The van der Waals surface area contributed by atoms with Crippen LogP contribution in [0.1, 0.15) is 41.6 Å². The van der Waals surface area contributed by atoms with Crippen molar-refractivity contribution in [2.75, 3.05) is 40.4 Å². The maximum absolute atomic E-state index is 13.5. The molecule has 0 aliphatic carbocycles. The van der Waals surface area contributed by atoms with Gasteiger partial charge < -0.3 is 23.7 Å². The first-order chi connectivity index (χ1) is 15.5. The average molecular weight is 437 g/mol. The summed E-state index contributed by atoms with van der Waals surface area (Å²) in [7, 11) is 3.90. The van der Waals surface area contributed by atoms with E-state index in [1.165, 1.54) is 0 Å². The maximum atomic E-state index is 13.5. The van der Waals surface area contributed by atoms with E-state index in [-0.39, 0.29) is 17.1 Å². The van der Waals surface area contributed by atoms with Gasteiger partial charge in [-0.3, -0.25) is 9.59 Å². The predicted octanol–water partition coefficient (Wildman–Crippen LogP) is 3.70. The molecule has 1 aliphatic rings. The fourth-order valence-electron chi connectivity index (χ4n) is 4.09. The Morgan fingerprint density at radius 2 is 1.72 bits per heavy atom. The van der Waals surface area contributed by atoms with Gasteiger partial charge in [0.2, 0.25) is 5.76 Å². The summed E-state index contributed by atoms with van der Waals surface area (Å²) in [6, 6.07) is 12.1. The van der Waals surface area contributed by atoms with Crippen molar-refractivity contribution in [1.29, 1.82) is 0 Å². The Morgan fingerprint density at radius 3 is 2.44 bits per heavy atom. The SMILES string of the molecule is CCOc1ccc([C@H]2c3c(oc4ccccc4c3=O)C(=O)N2CCN(C)C)cc1OCC. The number of ether oxygens (including phenoxy) is 2. The van der Waals surface area contributed by atoms with Crippen molar-refractivity contribution in [3.63, 3.8) is 0 Å². The third-order valence-corrected chi connectivity index (χ3v) is 5.54. The van der Waals surface area contributed by atoms with Crippen molar-refractivity contribution in [2.24, 2.45) is 0 Å². The van der Waals surface area contributed by atoms with E-state index < -0.39 is 6.04 Å². The second kappa shape index (κ2) is 9.04. The van der Waals surface area contributed by atoms with Gasteiger partial charge in [-0.05, 0) is 57.8 Å². The van der Waals surface area contributed by atoms with E-state index in [0.29, 0.717) is 54.3 Å². The largest absolute Gasteiger partial charge is 0.490 e. The van der Waals surface area contributed by atoms with Crippen molar-refractivity contribution in [2.45, 2.75) is 19.9 Å². The third-order valence-electron chi connectivity index (χ3n) is 5.54. The highest BCUT2D eigenvalue weighted by molar-refractivity contribution is 5.99. The van der Waals surface area contributed by atoms with Crippen molar-refractivity contribution in [3.8, 4) is 11.5 Å². The molecule has 0 radical (unpaired) electrons. The first-order valence-corrected chi connectivity index (χ1v) is 10.9. The Hall–Kier alpha value is -3.32. The number of para-hydroxylation sites is 1. The van der Waals surface area contributed by atoms with Crippen molar-refractivity contribution in [3.05, 3.63) is 69.6 Å². The predicted molar refractivity (Wildman–Crippen MR) is 123 cm³/mol. The second-order valence-electron chi connectivity index (χ2n) is 7.95.